The number of rotatable bonds is 4. The predicted octanol–water partition coefficient (Wildman–Crippen LogP) is 2.70. The second kappa shape index (κ2) is 7.97. The molecular weight excluding hydrogens is 328 g/mol. The van der Waals surface area contributed by atoms with E-state index in [1.165, 1.54) is 25.9 Å². The van der Waals surface area contributed by atoms with E-state index in [9.17, 15) is 4.79 Å². The van der Waals surface area contributed by atoms with Gasteiger partial charge in [0.15, 0.2) is 6.61 Å². The van der Waals surface area contributed by atoms with Crippen molar-refractivity contribution in [3.8, 4) is 5.75 Å². The first kappa shape index (κ1) is 17.8. The van der Waals surface area contributed by atoms with Gasteiger partial charge >= 0.3 is 0 Å². The van der Waals surface area contributed by atoms with Crippen LogP contribution in [0.25, 0.3) is 0 Å². The number of para-hydroxylation sites is 1. The molecule has 3 aliphatic rings. The predicted molar refractivity (Wildman–Crippen MR) is 100 cm³/mol. The first-order valence-electron chi connectivity index (χ1n) is 10.1. The maximum atomic E-state index is 12.5. The number of nitrogens with zero attached hydrogens (tertiary/aromatic N) is 2. The van der Waals surface area contributed by atoms with Gasteiger partial charge < -0.3 is 19.3 Å². The first-order valence-corrected chi connectivity index (χ1v) is 10.1. The molecule has 4 rings (SSSR count). The van der Waals surface area contributed by atoms with E-state index in [1.54, 1.807) is 0 Å². The number of hydrogen-bond donors (Lipinski definition) is 0. The number of amides is 1. The molecule has 142 valence electrons. The lowest BCUT2D eigenvalue weighted by molar-refractivity contribution is -0.150. The topological polar surface area (TPSA) is 42.0 Å². The molecule has 0 N–H and O–H groups in total. The average Bonchev–Trinajstić information content (AvgIpc) is 3.23. The number of hydrogen-bond acceptors (Lipinski definition) is 4. The third-order valence-corrected chi connectivity index (χ3v) is 6.26. The Morgan fingerprint density at radius 3 is 2.58 bits per heavy atom. The zero-order valence-corrected chi connectivity index (χ0v) is 15.6. The van der Waals surface area contributed by atoms with Gasteiger partial charge in [0.2, 0.25) is 0 Å². The van der Waals surface area contributed by atoms with Gasteiger partial charge in [-0.15, -0.1) is 0 Å². The minimum Gasteiger partial charge on any atom is -0.484 e. The molecule has 3 fully saturated rings. The van der Waals surface area contributed by atoms with Crippen LogP contribution in [0.1, 0.15) is 38.5 Å². The van der Waals surface area contributed by atoms with Gasteiger partial charge in [-0.2, -0.15) is 0 Å². The summed E-state index contributed by atoms with van der Waals surface area (Å²) in [5.74, 6) is 0.828. The monoisotopic (exact) mass is 358 g/mol. The van der Waals surface area contributed by atoms with Gasteiger partial charge in [-0.25, -0.2) is 0 Å². The van der Waals surface area contributed by atoms with Crippen LogP contribution in [0.4, 0.5) is 0 Å². The highest BCUT2D eigenvalue weighted by molar-refractivity contribution is 5.77. The number of likely N-dealkylation sites (tertiary alicyclic amines) is 2. The largest absolute Gasteiger partial charge is 0.484 e. The highest BCUT2D eigenvalue weighted by Gasteiger charge is 2.42. The Labute approximate surface area is 156 Å². The summed E-state index contributed by atoms with van der Waals surface area (Å²) in [6.07, 6.45) is 6.88. The maximum absolute atomic E-state index is 12.5. The molecule has 5 heteroatoms. The third-order valence-electron chi connectivity index (χ3n) is 6.26. The summed E-state index contributed by atoms with van der Waals surface area (Å²) in [5.41, 5.74) is -0.0113. The Morgan fingerprint density at radius 1 is 1.12 bits per heavy atom. The zero-order valence-electron chi connectivity index (χ0n) is 15.6. The van der Waals surface area contributed by atoms with E-state index in [0.29, 0.717) is 6.04 Å². The van der Waals surface area contributed by atoms with Gasteiger partial charge in [-0.05, 0) is 63.7 Å². The van der Waals surface area contributed by atoms with Gasteiger partial charge in [-0.1, -0.05) is 18.2 Å². The van der Waals surface area contributed by atoms with E-state index in [4.69, 9.17) is 9.47 Å². The Kier molecular flexibility index (Phi) is 5.46. The number of ether oxygens (including phenoxy) is 2. The summed E-state index contributed by atoms with van der Waals surface area (Å²) in [6.45, 7) is 5.05. The number of carbonyl (C=O) groups is 1. The number of piperidine rings is 1. The first-order chi connectivity index (χ1) is 12.7. The van der Waals surface area contributed by atoms with Crippen LogP contribution in [-0.4, -0.2) is 66.7 Å². The van der Waals surface area contributed by atoms with Crippen LogP contribution in [0.15, 0.2) is 30.3 Å². The van der Waals surface area contributed by atoms with Crippen molar-refractivity contribution in [2.75, 3.05) is 39.4 Å². The van der Waals surface area contributed by atoms with Gasteiger partial charge in [0, 0.05) is 25.7 Å². The van der Waals surface area contributed by atoms with Crippen LogP contribution < -0.4 is 4.74 Å². The molecule has 1 amide bonds. The number of carbonyl (C=O) groups excluding carboxylic acids is 1. The van der Waals surface area contributed by atoms with Gasteiger partial charge in [-0.3, -0.25) is 4.79 Å². The summed E-state index contributed by atoms with van der Waals surface area (Å²) in [6, 6.07) is 10.2. The molecule has 0 radical (unpaired) electrons. The molecule has 1 aromatic carbocycles. The average molecular weight is 358 g/mol. The fraction of sp³-hybridized carbons (Fsp3) is 0.667. The molecule has 26 heavy (non-hydrogen) atoms. The highest BCUT2D eigenvalue weighted by atomic mass is 16.5. The van der Waals surface area contributed by atoms with E-state index >= 15 is 0 Å². The van der Waals surface area contributed by atoms with E-state index in [-0.39, 0.29) is 18.1 Å². The zero-order chi connectivity index (χ0) is 17.8. The fourth-order valence-corrected chi connectivity index (χ4v) is 4.69. The summed E-state index contributed by atoms with van der Waals surface area (Å²) in [4.78, 5) is 17.1. The molecule has 3 saturated heterocycles. The second-order valence-electron chi connectivity index (χ2n) is 7.90. The Balaban J connectivity index is 1.27. The second-order valence-corrected chi connectivity index (χ2v) is 7.90. The molecule has 5 nitrogen and oxygen atoms in total. The molecule has 0 aromatic heterocycles. The molecule has 1 atom stereocenters. The van der Waals surface area contributed by atoms with Crippen LogP contribution in [0.3, 0.4) is 0 Å². The normalized spacial score (nSPS) is 26.2. The molecule has 3 heterocycles. The lowest BCUT2D eigenvalue weighted by atomic mass is 9.82. The molecule has 1 spiro atoms. The van der Waals surface area contributed by atoms with Crippen LogP contribution in [0.5, 0.6) is 5.75 Å². The molecule has 3 aliphatic heterocycles. The molecular formula is C21H30N2O3. The van der Waals surface area contributed by atoms with E-state index in [0.717, 1.165) is 51.1 Å². The summed E-state index contributed by atoms with van der Waals surface area (Å²) >= 11 is 0. The van der Waals surface area contributed by atoms with Crippen molar-refractivity contribution >= 4 is 5.91 Å². The molecule has 0 bridgehead atoms. The number of benzene rings is 1. The lowest BCUT2D eigenvalue weighted by Gasteiger charge is -2.48. The van der Waals surface area contributed by atoms with Crippen molar-refractivity contribution in [3.63, 3.8) is 0 Å². The van der Waals surface area contributed by atoms with Crippen LogP contribution in [-0.2, 0) is 9.53 Å². The van der Waals surface area contributed by atoms with Gasteiger partial charge in [0.05, 0.1) is 5.60 Å². The Morgan fingerprint density at radius 2 is 1.85 bits per heavy atom. The standard InChI is InChI=1S/C21H30N2O3/c24-20(17-25-19-6-2-1-3-7-19)23-13-9-21(10-14-23)16-18(8-15-26-21)22-11-4-5-12-22/h1-3,6-7,18H,4-5,8-17H2. The Hall–Kier alpha value is -1.59. The maximum Gasteiger partial charge on any atom is 0.260 e. The third kappa shape index (κ3) is 4.04. The van der Waals surface area contributed by atoms with Gasteiger partial charge in [0.25, 0.3) is 5.91 Å². The fourth-order valence-electron chi connectivity index (χ4n) is 4.69. The van der Waals surface area contributed by atoms with Gasteiger partial charge in [0.1, 0.15) is 5.75 Å². The molecule has 0 saturated carbocycles. The molecule has 1 aromatic rings. The summed E-state index contributed by atoms with van der Waals surface area (Å²) in [5, 5.41) is 0. The molecule has 0 aliphatic carbocycles. The summed E-state index contributed by atoms with van der Waals surface area (Å²) in [7, 11) is 0. The van der Waals surface area contributed by atoms with Crippen LogP contribution in [0, 0.1) is 0 Å². The van der Waals surface area contributed by atoms with Crippen LogP contribution >= 0.6 is 0 Å². The van der Waals surface area contributed by atoms with E-state index in [1.807, 2.05) is 35.2 Å². The minimum absolute atomic E-state index is 0.0113. The van der Waals surface area contributed by atoms with Crippen molar-refractivity contribution in [3.05, 3.63) is 30.3 Å². The molecule has 1 unspecified atom stereocenters. The van der Waals surface area contributed by atoms with Crippen molar-refractivity contribution in [2.45, 2.75) is 50.2 Å². The SMILES string of the molecule is O=C(COc1ccccc1)N1CCC2(CC1)CC(N1CCCC1)CCO2. The lowest BCUT2D eigenvalue weighted by Crippen LogP contribution is -2.54. The van der Waals surface area contributed by atoms with Crippen molar-refractivity contribution in [1.82, 2.24) is 9.80 Å². The van der Waals surface area contributed by atoms with Crippen molar-refractivity contribution in [2.24, 2.45) is 0 Å². The highest BCUT2D eigenvalue weighted by Crippen LogP contribution is 2.37. The minimum atomic E-state index is -0.0113. The Bertz CT molecular complexity index is 593. The quantitative estimate of drug-likeness (QED) is 0.830. The smallest absolute Gasteiger partial charge is 0.260 e. The van der Waals surface area contributed by atoms with Crippen LogP contribution in [0.2, 0.25) is 0 Å². The van der Waals surface area contributed by atoms with E-state index in [2.05, 4.69) is 4.90 Å². The van der Waals surface area contributed by atoms with Crippen molar-refractivity contribution in [1.29, 1.82) is 0 Å². The van der Waals surface area contributed by atoms with E-state index < -0.39 is 0 Å². The summed E-state index contributed by atoms with van der Waals surface area (Å²) < 4.78 is 11.9. The van der Waals surface area contributed by atoms with Crippen molar-refractivity contribution < 1.29 is 14.3 Å².